The zero-order valence-corrected chi connectivity index (χ0v) is 9.21. The Morgan fingerprint density at radius 1 is 1.06 bits per heavy atom. The Morgan fingerprint density at radius 2 is 2.06 bits per heavy atom. The molecule has 0 aliphatic rings. The minimum absolute atomic E-state index is 0.969. The molecule has 0 radical (unpaired) electrons. The topological polar surface area (TPSA) is 28.7 Å². The predicted octanol–water partition coefficient (Wildman–Crippen LogP) is 3.93. The van der Waals surface area contributed by atoms with Gasteiger partial charge >= 0.3 is 0 Å². The average Bonchev–Trinajstić information content (AvgIpc) is 2.91. The van der Waals surface area contributed by atoms with E-state index < -0.39 is 0 Å². The van der Waals surface area contributed by atoms with Crippen LogP contribution in [0.1, 0.15) is 0 Å². The molecule has 76 valence electrons. The van der Waals surface area contributed by atoms with Crippen molar-refractivity contribution in [3.05, 3.63) is 41.9 Å². The third-order valence-electron chi connectivity index (χ3n) is 2.97. The van der Waals surface area contributed by atoms with Crippen molar-refractivity contribution in [2.24, 2.45) is 0 Å². The van der Waals surface area contributed by atoms with E-state index in [4.69, 9.17) is 0 Å². The number of pyridine rings is 1. The van der Waals surface area contributed by atoms with Gasteiger partial charge in [-0.2, -0.15) is 0 Å². The molecule has 3 heteroatoms. The number of nitrogens with zero attached hydrogens (tertiary/aromatic N) is 1. The predicted molar refractivity (Wildman–Crippen MR) is 69.0 cm³/mol. The van der Waals surface area contributed by atoms with E-state index in [-0.39, 0.29) is 0 Å². The Labute approximate surface area is 95.5 Å². The highest BCUT2D eigenvalue weighted by Crippen LogP contribution is 2.33. The Balaban J connectivity index is 2.42. The van der Waals surface area contributed by atoms with Crippen molar-refractivity contribution < 1.29 is 0 Å². The molecule has 4 aromatic rings. The Kier molecular flexibility index (Phi) is 1.47. The van der Waals surface area contributed by atoms with E-state index in [2.05, 4.69) is 39.6 Å². The average molecular weight is 224 g/mol. The van der Waals surface area contributed by atoms with E-state index >= 15 is 0 Å². The fourth-order valence-corrected chi connectivity index (χ4v) is 3.07. The molecule has 0 spiro atoms. The first-order valence-electron chi connectivity index (χ1n) is 5.16. The van der Waals surface area contributed by atoms with Crippen LogP contribution in [0.5, 0.6) is 0 Å². The largest absolute Gasteiger partial charge is 0.339 e. The van der Waals surface area contributed by atoms with E-state index in [1.54, 1.807) is 11.3 Å². The molecule has 0 saturated heterocycles. The van der Waals surface area contributed by atoms with Gasteiger partial charge in [-0.25, -0.2) is 4.98 Å². The lowest BCUT2D eigenvalue weighted by Crippen LogP contribution is -1.71. The summed E-state index contributed by atoms with van der Waals surface area (Å²) < 4.78 is 1.33. The summed E-state index contributed by atoms with van der Waals surface area (Å²) in [5.41, 5.74) is 2.14. The van der Waals surface area contributed by atoms with Gasteiger partial charge in [-0.05, 0) is 35.7 Å². The molecule has 0 aliphatic carbocycles. The lowest BCUT2D eigenvalue weighted by Gasteiger charge is -1.93. The molecule has 0 unspecified atom stereocenters. The van der Waals surface area contributed by atoms with Gasteiger partial charge in [0.2, 0.25) is 0 Å². The highest BCUT2D eigenvalue weighted by molar-refractivity contribution is 7.17. The van der Waals surface area contributed by atoms with E-state index in [9.17, 15) is 0 Å². The molecule has 3 aromatic heterocycles. The number of aromatic amines is 1. The molecule has 2 nitrogen and oxygen atoms in total. The van der Waals surface area contributed by atoms with E-state index in [1.807, 2.05) is 12.3 Å². The number of rotatable bonds is 0. The molecular formula is C13H8N2S. The molecule has 0 amide bonds. The van der Waals surface area contributed by atoms with Gasteiger partial charge in [0.1, 0.15) is 5.65 Å². The van der Waals surface area contributed by atoms with Crippen LogP contribution >= 0.6 is 11.3 Å². The lowest BCUT2D eigenvalue weighted by molar-refractivity contribution is 1.35. The monoisotopic (exact) mass is 224 g/mol. The normalized spacial score (nSPS) is 11.8. The lowest BCUT2D eigenvalue weighted by atomic mass is 10.1. The van der Waals surface area contributed by atoms with Crippen molar-refractivity contribution in [2.75, 3.05) is 0 Å². The number of fused-ring (bicyclic) bond motifs is 5. The van der Waals surface area contributed by atoms with Gasteiger partial charge < -0.3 is 4.98 Å². The smallest absolute Gasteiger partial charge is 0.138 e. The quantitative estimate of drug-likeness (QED) is 0.481. The second-order valence-electron chi connectivity index (χ2n) is 3.85. The zero-order valence-electron chi connectivity index (χ0n) is 8.40. The van der Waals surface area contributed by atoms with Crippen LogP contribution in [-0.4, -0.2) is 9.97 Å². The molecule has 0 fully saturated rings. The zero-order chi connectivity index (χ0) is 10.5. The Hall–Kier alpha value is -1.87. The molecule has 0 saturated carbocycles. The van der Waals surface area contributed by atoms with Gasteiger partial charge in [-0.3, -0.25) is 0 Å². The summed E-state index contributed by atoms with van der Waals surface area (Å²) in [6.07, 6.45) is 1.82. The molecular weight excluding hydrogens is 216 g/mol. The Morgan fingerprint density at radius 3 is 3.06 bits per heavy atom. The van der Waals surface area contributed by atoms with Crippen molar-refractivity contribution in [3.8, 4) is 0 Å². The fraction of sp³-hybridized carbons (Fsp3) is 0. The first-order valence-corrected chi connectivity index (χ1v) is 6.04. The van der Waals surface area contributed by atoms with Crippen LogP contribution in [-0.2, 0) is 0 Å². The Bertz CT molecular complexity index is 810. The van der Waals surface area contributed by atoms with Crippen molar-refractivity contribution in [3.63, 3.8) is 0 Å². The summed E-state index contributed by atoms with van der Waals surface area (Å²) in [5, 5.41) is 5.96. The number of hydrogen-bond acceptors (Lipinski definition) is 2. The number of benzene rings is 1. The van der Waals surface area contributed by atoms with E-state index in [0.717, 1.165) is 5.65 Å². The van der Waals surface area contributed by atoms with Gasteiger partial charge in [-0.1, -0.05) is 0 Å². The van der Waals surface area contributed by atoms with Gasteiger partial charge in [0, 0.05) is 32.6 Å². The molecule has 0 bridgehead atoms. The minimum atomic E-state index is 0.969. The maximum atomic E-state index is 4.36. The first kappa shape index (κ1) is 8.30. The summed E-state index contributed by atoms with van der Waals surface area (Å²) in [5.74, 6) is 0. The molecule has 1 N–H and O–H groups in total. The molecule has 16 heavy (non-hydrogen) atoms. The van der Waals surface area contributed by atoms with Crippen molar-refractivity contribution in [1.29, 1.82) is 0 Å². The number of nitrogens with one attached hydrogen (secondary N) is 1. The van der Waals surface area contributed by atoms with Gasteiger partial charge in [-0.15, -0.1) is 11.3 Å². The van der Waals surface area contributed by atoms with Crippen LogP contribution in [0.15, 0.2) is 41.9 Å². The summed E-state index contributed by atoms with van der Waals surface area (Å²) in [6.45, 7) is 0. The van der Waals surface area contributed by atoms with Crippen LogP contribution in [0.4, 0.5) is 0 Å². The summed E-state index contributed by atoms with van der Waals surface area (Å²) in [4.78, 5) is 7.71. The number of thiophene rings is 1. The fourth-order valence-electron chi connectivity index (χ4n) is 2.27. The molecule has 3 heterocycles. The molecule has 4 rings (SSSR count). The molecule has 0 atom stereocenters. The van der Waals surface area contributed by atoms with Gasteiger partial charge in [0.25, 0.3) is 0 Å². The minimum Gasteiger partial charge on any atom is -0.339 e. The SMILES string of the molecule is c1cnc2[nH]c3ccc4sccc4c3c2c1. The van der Waals surface area contributed by atoms with E-state index in [1.165, 1.54) is 26.4 Å². The van der Waals surface area contributed by atoms with Crippen LogP contribution < -0.4 is 0 Å². The summed E-state index contributed by atoms with van der Waals surface area (Å²) in [6, 6.07) is 10.6. The van der Waals surface area contributed by atoms with Crippen LogP contribution in [0.3, 0.4) is 0 Å². The number of aromatic nitrogens is 2. The highest BCUT2D eigenvalue weighted by Gasteiger charge is 2.08. The highest BCUT2D eigenvalue weighted by atomic mass is 32.1. The van der Waals surface area contributed by atoms with Crippen LogP contribution in [0.2, 0.25) is 0 Å². The molecule has 0 aliphatic heterocycles. The third-order valence-corrected chi connectivity index (χ3v) is 3.85. The van der Waals surface area contributed by atoms with Gasteiger partial charge in [0.15, 0.2) is 0 Å². The maximum Gasteiger partial charge on any atom is 0.138 e. The van der Waals surface area contributed by atoms with E-state index in [0.29, 0.717) is 0 Å². The van der Waals surface area contributed by atoms with Crippen molar-refractivity contribution >= 4 is 43.4 Å². The number of H-pyrrole nitrogens is 1. The van der Waals surface area contributed by atoms with Crippen LogP contribution in [0.25, 0.3) is 32.0 Å². The standard InChI is InChI=1S/C13H8N2S/c1-2-9-12-8-5-7-16-11(8)4-3-10(12)15-13(9)14-6-1/h1-7H,(H,14,15). The van der Waals surface area contributed by atoms with Crippen LogP contribution in [0, 0.1) is 0 Å². The third kappa shape index (κ3) is 0.933. The first-order chi connectivity index (χ1) is 7.93. The van der Waals surface area contributed by atoms with Crippen molar-refractivity contribution in [2.45, 2.75) is 0 Å². The van der Waals surface area contributed by atoms with Gasteiger partial charge in [0.05, 0.1) is 0 Å². The maximum absolute atomic E-state index is 4.36. The second kappa shape index (κ2) is 2.83. The summed E-state index contributed by atoms with van der Waals surface area (Å²) in [7, 11) is 0. The number of hydrogen-bond donors (Lipinski definition) is 1. The second-order valence-corrected chi connectivity index (χ2v) is 4.79. The van der Waals surface area contributed by atoms with Crippen molar-refractivity contribution in [1.82, 2.24) is 9.97 Å². The molecule has 1 aromatic carbocycles. The summed E-state index contributed by atoms with van der Waals surface area (Å²) >= 11 is 1.78.